The van der Waals surface area contributed by atoms with Crippen LogP contribution in [0, 0.1) is 5.82 Å². The van der Waals surface area contributed by atoms with Crippen molar-refractivity contribution < 1.29 is 9.18 Å². The van der Waals surface area contributed by atoms with Crippen LogP contribution < -0.4 is 0 Å². The first kappa shape index (κ1) is 20.0. The summed E-state index contributed by atoms with van der Waals surface area (Å²) in [7, 11) is 1.68. The van der Waals surface area contributed by atoms with Crippen LogP contribution in [0.2, 0.25) is 0 Å². The van der Waals surface area contributed by atoms with Crippen LogP contribution >= 0.6 is 11.8 Å². The minimum absolute atomic E-state index is 0.0928. The average molecular weight is 399 g/mol. The Hall–Kier alpha value is -2.74. The Morgan fingerprint density at radius 1 is 1.18 bits per heavy atom. The molecule has 1 amide bonds. The number of aromatic nitrogens is 4. The van der Waals surface area contributed by atoms with Crippen molar-refractivity contribution >= 4 is 17.7 Å². The molecule has 0 fully saturated rings. The average Bonchev–Trinajstić information content (AvgIpc) is 3.11. The summed E-state index contributed by atoms with van der Waals surface area (Å²) >= 11 is 1.34. The fourth-order valence-corrected chi connectivity index (χ4v) is 3.65. The maximum atomic E-state index is 13.8. The Morgan fingerprint density at radius 2 is 1.93 bits per heavy atom. The van der Waals surface area contributed by atoms with Gasteiger partial charge in [0.2, 0.25) is 5.91 Å². The summed E-state index contributed by atoms with van der Waals surface area (Å²) < 4.78 is 15.8. The number of nitrogens with zero attached hydrogens (tertiary/aromatic N) is 5. The minimum Gasteiger partial charge on any atom is -0.341 e. The van der Waals surface area contributed by atoms with Crippen LogP contribution in [-0.4, -0.2) is 43.4 Å². The molecule has 0 aliphatic heterocycles. The van der Waals surface area contributed by atoms with Gasteiger partial charge in [0.1, 0.15) is 5.82 Å². The molecule has 6 nitrogen and oxygen atoms in total. The molecular weight excluding hydrogens is 377 g/mol. The first-order valence-electron chi connectivity index (χ1n) is 9.04. The molecule has 0 radical (unpaired) electrons. The number of carbonyl (C=O) groups is 1. The van der Waals surface area contributed by atoms with E-state index in [1.807, 2.05) is 16.7 Å². The van der Waals surface area contributed by atoms with E-state index >= 15 is 0 Å². The molecule has 2 heterocycles. The molecule has 0 bridgehead atoms. The smallest absolute Gasteiger partial charge is 0.233 e. The Kier molecular flexibility index (Phi) is 6.76. The first-order chi connectivity index (χ1) is 13.6. The van der Waals surface area contributed by atoms with Gasteiger partial charge >= 0.3 is 0 Å². The first-order valence-corrected chi connectivity index (χ1v) is 10.0. The second kappa shape index (κ2) is 9.45. The molecule has 3 aromatic rings. The summed E-state index contributed by atoms with van der Waals surface area (Å²) in [5, 5.41) is 9.26. The van der Waals surface area contributed by atoms with Gasteiger partial charge in [0.05, 0.1) is 5.75 Å². The van der Waals surface area contributed by atoms with Gasteiger partial charge in [-0.1, -0.05) is 36.9 Å². The third-order valence-electron chi connectivity index (χ3n) is 4.22. The molecular formula is C20H22FN5OS. The highest BCUT2D eigenvalue weighted by Gasteiger charge is 2.17. The molecule has 1 aromatic carbocycles. The molecule has 0 spiro atoms. The van der Waals surface area contributed by atoms with E-state index in [1.54, 1.807) is 37.6 Å². The van der Waals surface area contributed by atoms with Crippen molar-refractivity contribution in [2.75, 3.05) is 12.8 Å². The number of carbonyl (C=O) groups excluding carboxylic acids is 1. The standard InChI is InChI=1S/C20H22FN5OS/c1-3-12-26-19(15-8-10-22-11-9-15)23-24-20(26)28-14-18(27)25(2)13-16-6-4-5-7-17(16)21/h4-11H,3,12-14H2,1-2H3. The van der Waals surface area contributed by atoms with E-state index in [0.717, 1.165) is 24.4 Å². The van der Waals surface area contributed by atoms with Gasteiger partial charge in [0.15, 0.2) is 11.0 Å². The van der Waals surface area contributed by atoms with E-state index in [1.165, 1.54) is 22.7 Å². The van der Waals surface area contributed by atoms with Crippen LogP contribution in [0.1, 0.15) is 18.9 Å². The third kappa shape index (κ3) is 4.75. The maximum absolute atomic E-state index is 13.8. The number of amides is 1. The number of halogens is 1. The Bertz CT molecular complexity index is 931. The van der Waals surface area contributed by atoms with Gasteiger partial charge < -0.3 is 9.47 Å². The number of pyridine rings is 1. The van der Waals surface area contributed by atoms with Crippen molar-refractivity contribution in [1.29, 1.82) is 0 Å². The van der Waals surface area contributed by atoms with E-state index in [2.05, 4.69) is 22.1 Å². The molecule has 0 N–H and O–H groups in total. The van der Waals surface area contributed by atoms with Crippen LogP contribution in [0.4, 0.5) is 4.39 Å². The predicted molar refractivity (Wildman–Crippen MR) is 107 cm³/mol. The van der Waals surface area contributed by atoms with Crippen LogP contribution in [-0.2, 0) is 17.9 Å². The minimum atomic E-state index is -0.306. The fraction of sp³-hybridized carbons (Fsp3) is 0.300. The zero-order valence-corrected chi connectivity index (χ0v) is 16.7. The van der Waals surface area contributed by atoms with Gasteiger partial charge in [-0.05, 0) is 24.6 Å². The monoisotopic (exact) mass is 399 g/mol. The van der Waals surface area contributed by atoms with Crippen molar-refractivity contribution in [3.05, 3.63) is 60.2 Å². The maximum Gasteiger partial charge on any atom is 0.233 e. The summed E-state index contributed by atoms with van der Waals surface area (Å²) in [5.74, 6) is 0.575. The van der Waals surface area contributed by atoms with E-state index in [4.69, 9.17) is 0 Å². The lowest BCUT2D eigenvalue weighted by molar-refractivity contribution is -0.127. The highest BCUT2D eigenvalue weighted by Crippen LogP contribution is 2.24. The second-order valence-electron chi connectivity index (χ2n) is 6.32. The molecule has 0 saturated heterocycles. The SMILES string of the molecule is CCCn1c(SCC(=O)N(C)Cc2ccccc2F)nnc1-c1ccncc1. The summed E-state index contributed by atoms with van der Waals surface area (Å²) in [6, 6.07) is 10.3. The molecule has 3 rings (SSSR count). The van der Waals surface area contributed by atoms with Gasteiger partial charge in [-0.25, -0.2) is 4.39 Å². The van der Waals surface area contributed by atoms with Crippen LogP contribution in [0.25, 0.3) is 11.4 Å². The van der Waals surface area contributed by atoms with E-state index in [0.29, 0.717) is 10.7 Å². The fourth-order valence-electron chi connectivity index (χ4n) is 2.74. The lowest BCUT2D eigenvalue weighted by Crippen LogP contribution is -2.28. The number of benzene rings is 1. The number of thioether (sulfide) groups is 1. The molecule has 0 unspecified atom stereocenters. The van der Waals surface area contributed by atoms with Crippen LogP contribution in [0.5, 0.6) is 0 Å². The van der Waals surface area contributed by atoms with E-state index < -0.39 is 0 Å². The number of hydrogen-bond acceptors (Lipinski definition) is 5. The lowest BCUT2D eigenvalue weighted by atomic mass is 10.2. The summed E-state index contributed by atoms with van der Waals surface area (Å²) in [4.78, 5) is 18.1. The van der Waals surface area contributed by atoms with E-state index in [9.17, 15) is 9.18 Å². The largest absolute Gasteiger partial charge is 0.341 e. The van der Waals surface area contributed by atoms with Crippen molar-refractivity contribution in [3.63, 3.8) is 0 Å². The highest BCUT2D eigenvalue weighted by molar-refractivity contribution is 7.99. The van der Waals surface area contributed by atoms with Crippen molar-refractivity contribution in [1.82, 2.24) is 24.6 Å². The van der Waals surface area contributed by atoms with Crippen LogP contribution in [0.15, 0.2) is 53.9 Å². The Balaban J connectivity index is 1.67. The zero-order valence-electron chi connectivity index (χ0n) is 15.9. The molecule has 0 aliphatic rings. The van der Waals surface area contributed by atoms with E-state index in [-0.39, 0.29) is 24.0 Å². The number of rotatable bonds is 8. The molecule has 146 valence electrons. The molecule has 0 atom stereocenters. The summed E-state index contributed by atoms with van der Waals surface area (Å²) in [6.45, 7) is 3.07. The van der Waals surface area contributed by atoms with Gasteiger partial charge in [-0.3, -0.25) is 9.78 Å². The topological polar surface area (TPSA) is 63.9 Å². The lowest BCUT2D eigenvalue weighted by Gasteiger charge is -2.17. The Morgan fingerprint density at radius 3 is 2.64 bits per heavy atom. The predicted octanol–water partition coefficient (Wildman–Crippen LogP) is 3.64. The highest BCUT2D eigenvalue weighted by atomic mass is 32.2. The molecule has 0 aliphatic carbocycles. The summed E-state index contributed by atoms with van der Waals surface area (Å²) in [6.07, 6.45) is 4.35. The second-order valence-corrected chi connectivity index (χ2v) is 7.27. The molecule has 0 saturated carbocycles. The quantitative estimate of drug-likeness (QED) is 0.541. The van der Waals surface area contributed by atoms with Crippen molar-refractivity contribution in [3.8, 4) is 11.4 Å². The van der Waals surface area contributed by atoms with Crippen molar-refractivity contribution in [2.45, 2.75) is 31.6 Å². The molecule has 2 aromatic heterocycles. The van der Waals surface area contributed by atoms with Gasteiger partial charge in [0.25, 0.3) is 0 Å². The summed E-state index contributed by atoms with van der Waals surface area (Å²) in [5.41, 5.74) is 1.43. The van der Waals surface area contributed by atoms with Crippen LogP contribution in [0.3, 0.4) is 0 Å². The third-order valence-corrected chi connectivity index (χ3v) is 5.17. The van der Waals surface area contributed by atoms with Gasteiger partial charge in [0, 0.05) is 43.7 Å². The van der Waals surface area contributed by atoms with Gasteiger partial charge in [-0.2, -0.15) is 0 Å². The van der Waals surface area contributed by atoms with Gasteiger partial charge in [-0.15, -0.1) is 10.2 Å². The van der Waals surface area contributed by atoms with Crippen molar-refractivity contribution in [2.24, 2.45) is 0 Å². The molecule has 8 heteroatoms. The Labute approximate surface area is 167 Å². The molecule has 28 heavy (non-hydrogen) atoms. The number of hydrogen-bond donors (Lipinski definition) is 0. The zero-order chi connectivity index (χ0) is 19.9. The normalized spacial score (nSPS) is 10.8.